The topological polar surface area (TPSA) is 24.5 Å². The molecule has 0 aliphatic rings. The first kappa shape index (κ1) is 18.0. The summed E-state index contributed by atoms with van der Waals surface area (Å²) in [5.74, 6) is 0.966. The number of nitrogens with zero attached hydrogens (tertiary/aromatic N) is 1. The molecule has 0 heterocycles. The van der Waals surface area contributed by atoms with Crippen molar-refractivity contribution >= 4 is 0 Å². The summed E-state index contributed by atoms with van der Waals surface area (Å²) < 4.78 is 5.81. The highest BCUT2D eigenvalue weighted by atomic mass is 16.5. The molecule has 0 spiro atoms. The van der Waals surface area contributed by atoms with Crippen molar-refractivity contribution in [2.75, 3.05) is 26.2 Å². The predicted octanol–water partition coefficient (Wildman–Crippen LogP) is 3.86. The monoisotopic (exact) mass is 292 g/mol. The minimum Gasteiger partial charge on any atom is -0.491 e. The van der Waals surface area contributed by atoms with Crippen molar-refractivity contribution in [2.45, 2.75) is 53.2 Å². The second kappa shape index (κ2) is 9.80. The molecule has 1 unspecified atom stereocenters. The zero-order valence-electron chi connectivity index (χ0n) is 14.4. The average molecular weight is 292 g/mol. The van der Waals surface area contributed by atoms with E-state index < -0.39 is 0 Å². The van der Waals surface area contributed by atoms with Gasteiger partial charge in [-0.2, -0.15) is 0 Å². The van der Waals surface area contributed by atoms with E-state index in [2.05, 4.69) is 63.0 Å². The van der Waals surface area contributed by atoms with Crippen LogP contribution in [-0.4, -0.2) is 37.2 Å². The standard InChI is InChI=1S/C18H32N2O/c1-6-19-18(12-13-20(7-2)8-3)16-10-9-11-17(14-16)21-15(4)5/h9-11,14-15,18-19H,6-8,12-13H2,1-5H3. The van der Waals surface area contributed by atoms with Gasteiger partial charge in [-0.15, -0.1) is 0 Å². The van der Waals surface area contributed by atoms with Crippen molar-refractivity contribution in [3.8, 4) is 5.75 Å². The van der Waals surface area contributed by atoms with Gasteiger partial charge in [-0.3, -0.25) is 0 Å². The van der Waals surface area contributed by atoms with E-state index >= 15 is 0 Å². The minimum atomic E-state index is 0.216. The number of benzene rings is 1. The van der Waals surface area contributed by atoms with E-state index in [1.54, 1.807) is 0 Å². The van der Waals surface area contributed by atoms with Gasteiger partial charge in [0.25, 0.3) is 0 Å². The molecule has 1 rings (SSSR count). The first-order chi connectivity index (χ1) is 10.1. The number of hydrogen-bond acceptors (Lipinski definition) is 3. The van der Waals surface area contributed by atoms with E-state index in [0.29, 0.717) is 6.04 Å². The number of hydrogen-bond donors (Lipinski definition) is 1. The Morgan fingerprint density at radius 3 is 2.43 bits per heavy atom. The third-order valence-electron chi connectivity index (χ3n) is 3.71. The summed E-state index contributed by atoms with van der Waals surface area (Å²) in [6.07, 6.45) is 1.34. The van der Waals surface area contributed by atoms with Crippen LogP contribution in [0.4, 0.5) is 0 Å². The summed E-state index contributed by atoms with van der Waals surface area (Å²) >= 11 is 0. The van der Waals surface area contributed by atoms with Gasteiger partial charge in [0, 0.05) is 6.04 Å². The molecular weight excluding hydrogens is 260 g/mol. The highest BCUT2D eigenvalue weighted by Gasteiger charge is 2.12. The fourth-order valence-corrected chi connectivity index (χ4v) is 2.56. The van der Waals surface area contributed by atoms with Crippen molar-refractivity contribution in [3.05, 3.63) is 29.8 Å². The molecule has 0 aliphatic carbocycles. The molecule has 3 nitrogen and oxygen atoms in total. The van der Waals surface area contributed by atoms with Crippen LogP contribution in [0, 0.1) is 0 Å². The van der Waals surface area contributed by atoms with Crippen molar-refractivity contribution < 1.29 is 4.74 Å². The second-order valence-corrected chi connectivity index (χ2v) is 5.66. The summed E-state index contributed by atoms with van der Waals surface area (Å²) in [5, 5.41) is 3.60. The van der Waals surface area contributed by atoms with Crippen LogP contribution in [0.15, 0.2) is 24.3 Å². The molecule has 0 aliphatic heterocycles. The molecule has 120 valence electrons. The maximum atomic E-state index is 5.81. The van der Waals surface area contributed by atoms with Crippen molar-refractivity contribution in [3.63, 3.8) is 0 Å². The smallest absolute Gasteiger partial charge is 0.120 e. The van der Waals surface area contributed by atoms with Crippen molar-refractivity contribution in [1.82, 2.24) is 10.2 Å². The largest absolute Gasteiger partial charge is 0.491 e. The Kier molecular flexibility index (Phi) is 8.40. The predicted molar refractivity (Wildman–Crippen MR) is 91.0 cm³/mol. The molecule has 1 atom stereocenters. The number of ether oxygens (including phenoxy) is 1. The van der Waals surface area contributed by atoms with E-state index in [-0.39, 0.29) is 6.10 Å². The summed E-state index contributed by atoms with van der Waals surface area (Å²) in [6, 6.07) is 8.90. The summed E-state index contributed by atoms with van der Waals surface area (Å²) in [6.45, 7) is 15.1. The van der Waals surface area contributed by atoms with Gasteiger partial charge in [-0.05, 0) is 64.1 Å². The van der Waals surface area contributed by atoms with Crippen molar-refractivity contribution in [1.29, 1.82) is 0 Å². The molecule has 0 saturated heterocycles. The summed E-state index contributed by atoms with van der Waals surface area (Å²) in [5.41, 5.74) is 1.32. The van der Waals surface area contributed by atoms with Crippen LogP contribution in [0.2, 0.25) is 0 Å². The van der Waals surface area contributed by atoms with Crippen LogP contribution in [0.3, 0.4) is 0 Å². The molecule has 1 aromatic carbocycles. The van der Waals surface area contributed by atoms with Crippen LogP contribution in [0.5, 0.6) is 5.75 Å². The molecule has 0 fully saturated rings. The normalized spacial score (nSPS) is 12.9. The van der Waals surface area contributed by atoms with E-state index in [1.165, 1.54) is 5.56 Å². The zero-order chi connectivity index (χ0) is 15.7. The number of rotatable bonds is 10. The molecule has 0 radical (unpaired) electrons. The quantitative estimate of drug-likeness (QED) is 0.709. The molecule has 3 heteroatoms. The fourth-order valence-electron chi connectivity index (χ4n) is 2.56. The highest BCUT2D eigenvalue weighted by molar-refractivity contribution is 5.30. The van der Waals surface area contributed by atoms with Gasteiger partial charge in [-0.1, -0.05) is 32.9 Å². The first-order valence-electron chi connectivity index (χ1n) is 8.33. The van der Waals surface area contributed by atoms with Gasteiger partial charge in [0.1, 0.15) is 5.75 Å². The van der Waals surface area contributed by atoms with Gasteiger partial charge in [0.15, 0.2) is 0 Å². The number of nitrogens with one attached hydrogen (secondary N) is 1. The van der Waals surface area contributed by atoms with E-state index in [4.69, 9.17) is 4.74 Å². The van der Waals surface area contributed by atoms with Gasteiger partial charge in [0.2, 0.25) is 0 Å². The van der Waals surface area contributed by atoms with Crippen LogP contribution in [0.1, 0.15) is 52.6 Å². The second-order valence-electron chi connectivity index (χ2n) is 5.66. The zero-order valence-corrected chi connectivity index (χ0v) is 14.4. The fraction of sp³-hybridized carbons (Fsp3) is 0.667. The molecule has 0 bridgehead atoms. The maximum absolute atomic E-state index is 5.81. The van der Waals surface area contributed by atoms with E-state index in [9.17, 15) is 0 Å². The van der Waals surface area contributed by atoms with Crippen molar-refractivity contribution in [2.24, 2.45) is 0 Å². The average Bonchev–Trinajstić information content (AvgIpc) is 2.46. The molecule has 0 amide bonds. The Hall–Kier alpha value is -1.06. The summed E-state index contributed by atoms with van der Waals surface area (Å²) in [7, 11) is 0. The lowest BCUT2D eigenvalue weighted by Gasteiger charge is -2.24. The van der Waals surface area contributed by atoms with Crippen LogP contribution in [0.25, 0.3) is 0 Å². The van der Waals surface area contributed by atoms with Crippen LogP contribution in [-0.2, 0) is 0 Å². The minimum absolute atomic E-state index is 0.216. The molecular formula is C18H32N2O. The Morgan fingerprint density at radius 2 is 1.86 bits per heavy atom. The third-order valence-corrected chi connectivity index (χ3v) is 3.71. The third kappa shape index (κ3) is 6.49. The highest BCUT2D eigenvalue weighted by Crippen LogP contribution is 2.22. The van der Waals surface area contributed by atoms with Gasteiger partial charge in [-0.25, -0.2) is 0 Å². The maximum Gasteiger partial charge on any atom is 0.120 e. The molecule has 0 saturated carbocycles. The van der Waals surface area contributed by atoms with Crippen LogP contribution >= 0.6 is 0 Å². The molecule has 0 aromatic heterocycles. The lowest BCUT2D eigenvalue weighted by molar-refractivity contribution is 0.241. The molecule has 1 N–H and O–H groups in total. The van der Waals surface area contributed by atoms with Gasteiger partial charge < -0.3 is 15.0 Å². The lowest BCUT2D eigenvalue weighted by Crippen LogP contribution is -2.29. The van der Waals surface area contributed by atoms with Crippen LogP contribution < -0.4 is 10.1 Å². The lowest BCUT2D eigenvalue weighted by atomic mass is 10.0. The van der Waals surface area contributed by atoms with E-state index in [0.717, 1.165) is 38.3 Å². The SMILES string of the molecule is CCNC(CCN(CC)CC)c1cccc(OC(C)C)c1. The first-order valence-corrected chi connectivity index (χ1v) is 8.33. The summed E-state index contributed by atoms with van der Waals surface area (Å²) in [4.78, 5) is 2.47. The Labute approximate surface area is 130 Å². The van der Waals surface area contributed by atoms with Gasteiger partial charge in [0.05, 0.1) is 6.10 Å². The Balaban J connectivity index is 2.74. The van der Waals surface area contributed by atoms with Gasteiger partial charge >= 0.3 is 0 Å². The van der Waals surface area contributed by atoms with E-state index in [1.807, 2.05) is 6.07 Å². The Bertz CT molecular complexity index is 389. The Morgan fingerprint density at radius 1 is 1.14 bits per heavy atom. The molecule has 21 heavy (non-hydrogen) atoms. The molecule has 1 aromatic rings.